The minimum absolute atomic E-state index is 0.0248. The van der Waals surface area contributed by atoms with Crippen molar-refractivity contribution >= 4 is 5.97 Å². The van der Waals surface area contributed by atoms with Crippen LogP contribution in [0.5, 0.6) is 0 Å². The molecule has 0 aromatic rings. The number of hydrogen-bond donors (Lipinski definition) is 2. The predicted molar refractivity (Wildman–Crippen MR) is 56.9 cm³/mol. The summed E-state index contributed by atoms with van der Waals surface area (Å²) in [4.78, 5) is 11.5. The van der Waals surface area contributed by atoms with E-state index in [4.69, 9.17) is 0 Å². The minimum Gasteiger partial charge on any atom is -0.408 e. The van der Waals surface area contributed by atoms with Crippen LogP contribution < -0.4 is 0 Å². The zero-order valence-corrected chi connectivity index (χ0v) is 9.82. The topological polar surface area (TPSA) is 66.8 Å². The van der Waals surface area contributed by atoms with E-state index in [9.17, 15) is 15.0 Å². The maximum absolute atomic E-state index is 11.5. The van der Waals surface area contributed by atoms with Gasteiger partial charge < -0.3 is 14.9 Å². The van der Waals surface area contributed by atoms with Crippen LogP contribution in [0.1, 0.15) is 52.9 Å². The van der Waals surface area contributed by atoms with Crippen LogP contribution in [0.3, 0.4) is 0 Å². The normalized spacial score (nSPS) is 13.7. The third kappa shape index (κ3) is 5.74. The van der Waals surface area contributed by atoms with E-state index in [2.05, 4.69) is 4.74 Å². The SMILES string of the molecule is CCCCC(CC)C(=O)OC(O)(O)CC. The van der Waals surface area contributed by atoms with E-state index in [1.165, 1.54) is 0 Å². The van der Waals surface area contributed by atoms with Crippen molar-refractivity contribution in [3.05, 3.63) is 0 Å². The smallest absolute Gasteiger partial charge is 0.324 e. The molecule has 0 aromatic carbocycles. The summed E-state index contributed by atoms with van der Waals surface area (Å²) in [5, 5.41) is 18.4. The fraction of sp³-hybridized carbons (Fsp3) is 0.909. The number of esters is 1. The van der Waals surface area contributed by atoms with Crippen LogP contribution in [-0.4, -0.2) is 22.2 Å². The van der Waals surface area contributed by atoms with Crippen LogP contribution in [-0.2, 0) is 9.53 Å². The van der Waals surface area contributed by atoms with Gasteiger partial charge in [-0.3, -0.25) is 4.79 Å². The van der Waals surface area contributed by atoms with Crippen LogP contribution in [0.15, 0.2) is 0 Å². The predicted octanol–water partition coefficient (Wildman–Crippen LogP) is 1.79. The highest BCUT2D eigenvalue weighted by atomic mass is 16.8. The molecule has 0 aliphatic rings. The summed E-state index contributed by atoms with van der Waals surface area (Å²) in [7, 11) is 0. The Bertz CT molecular complexity index is 189. The fourth-order valence-electron chi connectivity index (χ4n) is 1.26. The summed E-state index contributed by atoms with van der Waals surface area (Å²) in [6, 6.07) is 0. The number of carbonyl (C=O) groups excluding carboxylic acids is 1. The lowest BCUT2D eigenvalue weighted by molar-refractivity contribution is -0.321. The molecule has 0 radical (unpaired) electrons. The standard InChI is InChI=1S/C11H22O4/c1-4-7-8-9(5-2)10(12)15-11(13,14)6-3/h9,13-14H,4-8H2,1-3H3. The molecule has 0 fully saturated rings. The van der Waals surface area contributed by atoms with E-state index < -0.39 is 11.9 Å². The highest BCUT2D eigenvalue weighted by Crippen LogP contribution is 2.18. The molecule has 4 heteroatoms. The van der Waals surface area contributed by atoms with Gasteiger partial charge in [-0.1, -0.05) is 33.6 Å². The second kappa shape index (κ2) is 6.80. The van der Waals surface area contributed by atoms with Crippen LogP contribution >= 0.6 is 0 Å². The van der Waals surface area contributed by atoms with Crippen LogP contribution in [0.2, 0.25) is 0 Å². The van der Waals surface area contributed by atoms with E-state index in [-0.39, 0.29) is 12.3 Å². The fourth-order valence-corrected chi connectivity index (χ4v) is 1.26. The second-order valence-corrected chi connectivity index (χ2v) is 3.77. The average Bonchev–Trinajstić information content (AvgIpc) is 2.18. The van der Waals surface area contributed by atoms with Crippen molar-refractivity contribution in [2.24, 2.45) is 5.92 Å². The molecule has 0 saturated carbocycles. The van der Waals surface area contributed by atoms with Gasteiger partial charge in [-0.05, 0) is 12.8 Å². The number of ether oxygens (including phenoxy) is 1. The molecule has 90 valence electrons. The molecule has 0 aliphatic heterocycles. The first-order chi connectivity index (χ1) is 6.96. The summed E-state index contributed by atoms with van der Waals surface area (Å²) in [5.74, 6) is -3.05. The van der Waals surface area contributed by atoms with Gasteiger partial charge in [-0.2, -0.15) is 0 Å². The summed E-state index contributed by atoms with van der Waals surface area (Å²) < 4.78 is 4.61. The lowest BCUT2D eigenvalue weighted by atomic mass is 10.00. The molecule has 4 nitrogen and oxygen atoms in total. The first-order valence-corrected chi connectivity index (χ1v) is 5.64. The van der Waals surface area contributed by atoms with Crippen LogP contribution in [0.25, 0.3) is 0 Å². The highest BCUT2D eigenvalue weighted by Gasteiger charge is 2.29. The summed E-state index contributed by atoms with van der Waals surface area (Å²) in [6.07, 6.45) is 3.34. The molecule has 0 aliphatic carbocycles. The maximum atomic E-state index is 11.5. The minimum atomic E-state index is -2.31. The quantitative estimate of drug-likeness (QED) is 0.505. The van der Waals surface area contributed by atoms with Gasteiger partial charge in [0.05, 0.1) is 5.92 Å². The molecule has 0 heterocycles. The van der Waals surface area contributed by atoms with Gasteiger partial charge in [0.1, 0.15) is 0 Å². The Hall–Kier alpha value is -0.610. The van der Waals surface area contributed by atoms with Crippen molar-refractivity contribution in [3.63, 3.8) is 0 Å². The number of rotatable bonds is 7. The second-order valence-electron chi connectivity index (χ2n) is 3.77. The van der Waals surface area contributed by atoms with Crippen LogP contribution in [0.4, 0.5) is 0 Å². The average molecular weight is 218 g/mol. The number of carbonyl (C=O) groups is 1. The van der Waals surface area contributed by atoms with Gasteiger partial charge in [0.25, 0.3) is 0 Å². The molecule has 1 unspecified atom stereocenters. The molecule has 0 amide bonds. The Morgan fingerprint density at radius 2 is 1.93 bits per heavy atom. The zero-order valence-electron chi connectivity index (χ0n) is 9.82. The van der Waals surface area contributed by atoms with Gasteiger partial charge in [0.2, 0.25) is 0 Å². The Labute approximate surface area is 91.3 Å². The van der Waals surface area contributed by atoms with Crippen molar-refractivity contribution in [1.29, 1.82) is 0 Å². The zero-order chi connectivity index (χ0) is 11.9. The number of hydrogen-bond acceptors (Lipinski definition) is 4. The molecular formula is C11H22O4. The Balaban J connectivity index is 4.15. The summed E-state index contributed by atoms with van der Waals surface area (Å²) in [6.45, 7) is 5.48. The Kier molecular flexibility index (Phi) is 6.52. The van der Waals surface area contributed by atoms with Gasteiger partial charge in [-0.25, -0.2) is 0 Å². The monoisotopic (exact) mass is 218 g/mol. The molecule has 2 N–H and O–H groups in total. The summed E-state index contributed by atoms with van der Waals surface area (Å²) >= 11 is 0. The Morgan fingerprint density at radius 3 is 2.33 bits per heavy atom. The van der Waals surface area contributed by atoms with Crippen LogP contribution in [0, 0.1) is 5.92 Å². The van der Waals surface area contributed by atoms with Crippen molar-refractivity contribution in [2.45, 2.75) is 58.8 Å². The van der Waals surface area contributed by atoms with E-state index >= 15 is 0 Å². The molecule has 1 atom stereocenters. The van der Waals surface area contributed by atoms with Crippen molar-refractivity contribution in [3.8, 4) is 0 Å². The lowest BCUT2D eigenvalue weighted by Gasteiger charge is -2.22. The third-order valence-electron chi connectivity index (χ3n) is 2.46. The van der Waals surface area contributed by atoms with Crippen molar-refractivity contribution < 1.29 is 19.7 Å². The molecule has 0 aromatic heterocycles. The van der Waals surface area contributed by atoms with E-state index in [1.807, 2.05) is 13.8 Å². The molecule has 0 bridgehead atoms. The van der Waals surface area contributed by atoms with Gasteiger partial charge in [0, 0.05) is 6.42 Å². The largest absolute Gasteiger partial charge is 0.408 e. The van der Waals surface area contributed by atoms with Crippen molar-refractivity contribution in [2.75, 3.05) is 0 Å². The van der Waals surface area contributed by atoms with E-state index in [0.717, 1.165) is 19.3 Å². The number of aliphatic hydroxyl groups is 2. The first-order valence-electron chi connectivity index (χ1n) is 5.64. The lowest BCUT2D eigenvalue weighted by Crippen LogP contribution is -2.36. The Morgan fingerprint density at radius 1 is 1.33 bits per heavy atom. The molecule has 0 spiro atoms. The molecule has 0 saturated heterocycles. The van der Waals surface area contributed by atoms with Gasteiger partial charge >= 0.3 is 11.9 Å². The van der Waals surface area contributed by atoms with Gasteiger partial charge in [0.15, 0.2) is 0 Å². The van der Waals surface area contributed by atoms with Gasteiger partial charge in [-0.15, -0.1) is 0 Å². The number of unbranched alkanes of at least 4 members (excludes halogenated alkanes) is 1. The van der Waals surface area contributed by atoms with E-state index in [1.54, 1.807) is 6.92 Å². The van der Waals surface area contributed by atoms with E-state index in [0.29, 0.717) is 6.42 Å². The molecule has 15 heavy (non-hydrogen) atoms. The third-order valence-corrected chi connectivity index (χ3v) is 2.46. The molecular weight excluding hydrogens is 196 g/mol. The van der Waals surface area contributed by atoms with Crippen molar-refractivity contribution in [1.82, 2.24) is 0 Å². The highest BCUT2D eigenvalue weighted by molar-refractivity contribution is 5.72. The maximum Gasteiger partial charge on any atom is 0.324 e. The molecule has 0 rings (SSSR count). The first kappa shape index (κ1) is 14.4. The summed E-state index contributed by atoms with van der Waals surface area (Å²) in [5.41, 5.74) is 0.